The Labute approximate surface area is 208 Å². The van der Waals surface area contributed by atoms with Crippen LogP contribution in [0.5, 0.6) is 11.5 Å². The highest BCUT2D eigenvalue weighted by Gasteiger charge is 2.30. The monoisotopic (exact) mass is 512 g/mol. The van der Waals surface area contributed by atoms with E-state index >= 15 is 0 Å². The number of H-pyrrole nitrogens is 2. The summed E-state index contributed by atoms with van der Waals surface area (Å²) in [7, 11) is 0.0142. The number of aromatic amines is 2. The van der Waals surface area contributed by atoms with Gasteiger partial charge in [-0.2, -0.15) is 0 Å². The number of carbonyl (C=O) groups is 2. The van der Waals surface area contributed by atoms with Crippen LogP contribution < -0.4 is 20.6 Å². The maximum Gasteiger partial charge on any atom is 0.146 e. The van der Waals surface area contributed by atoms with Gasteiger partial charge in [0.15, 0.2) is 0 Å². The summed E-state index contributed by atoms with van der Waals surface area (Å²) in [5.74, 6) is 1.67. The molecule has 2 N–H and O–H groups in total. The summed E-state index contributed by atoms with van der Waals surface area (Å²) >= 11 is 0. The van der Waals surface area contributed by atoms with Gasteiger partial charge in [0.1, 0.15) is 47.9 Å². The van der Waals surface area contributed by atoms with Crippen molar-refractivity contribution in [3.63, 3.8) is 0 Å². The molecule has 4 heterocycles. The molecule has 3 aromatic carbocycles. The quantitative estimate of drug-likeness (QED) is 0.262. The third kappa shape index (κ3) is 3.45. The zero-order valence-corrected chi connectivity index (χ0v) is 20.7. The second-order valence-corrected chi connectivity index (χ2v) is 10.6. The third-order valence-corrected chi connectivity index (χ3v) is 7.75. The van der Waals surface area contributed by atoms with Crippen LogP contribution in [0, 0.1) is 0 Å². The fraction of sp³-hybridized carbons (Fsp3) is 0.0769. The lowest BCUT2D eigenvalue weighted by molar-refractivity contribution is 0.278. The SMILES string of the molecule is O=CPc1ncc(-c2cc3c4c(c2)OCc2cc(-c5ccc6nc(PC=O)[nH]c6c5)cc(c2-4)OC3)[nH]1. The largest absolute Gasteiger partial charge is 0.488 e. The number of ether oxygens (including phenoxy) is 2. The number of hydrogen-bond acceptors (Lipinski definition) is 6. The first-order chi connectivity index (χ1) is 17.7. The van der Waals surface area contributed by atoms with Crippen molar-refractivity contribution >= 4 is 51.4 Å². The van der Waals surface area contributed by atoms with E-state index in [1.165, 1.54) is 0 Å². The fourth-order valence-corrected chi connectivity index (χ4v) is 5.87. The van der Waals surface area contributed by atoms with Crippen LogP contribution in [0.4, 0.5) is 0 Å². The van der Waals surface area contributed by atoms with Crippen LogP contribution in [0.15, 0.2) is 48.7 Å². The van der Waals surface area contributed by atoms with Gasteiger partial charge in [0.25, 0.3) is 0 Å². The van der Waals surface area contributed by atoms with Gasteiger partial charge in [-0.3, -0.25) is 9.59 Å². The Bertz CT molecular complexity index is 1660. The third-order valence-electron chi connectivity index (χ3n) is 6.48. The van der Waals surface area contributed by atoms with Crippen molar-refractivity contribution in [2.24, 2.45) is 0 Å². The molecule has 36 heavy (non-hydrogen) atoms. The van der Waals surface area contributed by atoms with Gasteiger partial charge in [0, 0.05) is 45.0 Å². The second-order valence-electron chi connectivity index (χ2n) is 8.58. The van der Waals surface area contributed by atoms with E-state index in [1.54, 1.807) is 6.20 Å². The Kier molecular flexibility index (Phi) is 4.98. The molecular weight excluding hydrogens is 494 g/mol. The highest BCUT2D eigenvalue weighted by atomic mass is 31.1. The van der Waals surface area contributed by atoms with Crippen LogP contribution in [-0.4, -0.2) is 32.0 Å². The molecule has 0 aliphatic carbocycles. The van der Waals surface area contributed by atoms with Crippen molar-refractivity contribution in [3.05, 3.63) is 59.8 Å². The molecule has 0 saturated heterocycles. The number of fused-ring (bicyclic) bond motifs is 1. The summed E-state index contributed by atoms with van der Waals surface area (Å²) in [4.78, 5) is 36.9. The Hall–Kier alpha value is -3.86. The molecule has 8 nitrogen and oxygen atoms in total. The average Bonchev–Trinajstić information content (AvgIpc) is 3.53. The van der Waals surface area contributed by atoms with E-state index in [4.69, 9.17) is 9.47 Å². The Morgan fingerprint density at radius 2 is 1.47 bits per heavy atom. The van der Waals surface area contributed by atoms with E-state index in [0.717, 1.165) is 79.2 Å². The van der Waals surface area contributed by atoms with Crippen molar-refractivity contribution in [2.75, 3.05) is 0 Å². The average molecular weight is 512 g/mol. The van der Waals surface area contributed by atoms with Crippen LogP contribution in [0.2, 0.25) is 0 Å². The zero-order valence-electron chi connectivity index (χ0n) is 18.7. The first kappa shape index (κ1) is 21.4. The summed E-state index contributed by atoms with van der Waals surface area (Å²) in [5.41, 5.74) is 11.2. The molecule has 0 spiro atoms. The van der Waals surface area contributed by atoms with Crippen LogP contribution in [0.3, 0.4) is 0 Å². The van der Waals surface area contributed by atoms with E-state index in [2.05, 4.69) is 44.2 Å². The second kappa shape index (κ2) is 8.37. The predicted molar refractivity (Wildman–Crippen MR) is 143 cm³/mol. The van der Waals surface area contributed by atoms with Crippen molar-refractivity contribution in [3.8, 4) is 45.0 Å². The van der Waals surface area contributed by atoms with Crippen molar-refractivity contribution < 1.29 is 19.1 Å². The van der Waals surface area contributed by atoms with Gasteiger partial charge in [-0.25, -0.2) is 9.97 Å². The molecule has 5 aromatic rings. The Morgan fingerprint density at radius 3 is 2.22 bits per heavy atom. The van der Waals surface area contributed by atoms with Crippen molar-refractivity contribution in [1.29, 1.82) is 0 Å². The van der Waals surface area contributed by atoms with Gasteiger partial charge in [0.05, 0.1) is 22.9 Å². The highest BCUT2D eigenvalue weighted by Crippen LogP contribution is 2.50. The fourth-order valence-electron chi connectivity index (χ4n) is 4.91. The number of hydrogen-bond donors (Lipinski definition) is 2. The summed E-state index contributed by atoms with van der Waals surface area (Å²) in [5, 5.41) is 0. The Balaban J connectivity index is 1.29. The normalized spacial score (nSPS) is 13.8. The molecule has 0 radical (unpaired) electrons. The summed E-state index contributed by atoms with van der Waals surface area (Å²) in [6.45, 7) is 0.870. The maximum absolute atomic E-state index is 10.9. The molecule has 10 heteroatoms. The molecule has 2 aromatic heterocycles. The summed E-state index contributed by atoms with van der Waals surface area (Å²) < 4.78 is 12.5. The van der Waals surface area contributed by atoms with E-state index in [1.807, 2.05) is 18.2 Å². The first-order valence-electron chi connectivity index (χ1n) is 11.3. The van der Waals surface area contributed by atoms with Crippen LogP contribution >= 0.6 is 17.2 Å². The highest BCUT2D eigenvalue weighted by molar-refractivity contribution is 7.62. The van der Waals surface area contributed by atoms with Crippen molar-refractivity contribution in [1.82, 2.24) is 19.9 Å². The molecule has 0 bridgehead atoms. The molecule has 0 amide bonds. The van der Waals surface area contributed by atoms with Gasteiger partial charge in [-0.15, -0.1) is 0 Å². The smallest absolute Gasteiger partial charge is 0.146 e. The van der Waals surface area contributed by atoms with Gasteiger partial charge in [0.2, 0.25) is 0 Å². The lowest BCUT2D eigenvalue weighted by atomic mass is 9.87. The number of carbonyl (C=O) groups excluding carboxylic acids is 2. The molecule has 0 fully saturated rings. The maximum atomic E-state index is 10.9. The molecule has 176 valence electrons. The molecule has 2 unspecified atom stereocenters. The van der Waals surface area contributed by atoms with E-state index in [-0.39, 0.29) is 17.2 Å². The topological polar surface area (TPSA) is 110 Å². The number of rotatable bonds is 6. The van der Waals surface area contributed by atoms with E-state index < -0.39 is 0 Å². The molecule has 2 atom stereocenters. The van der Waals surface area contributed by atoms with Crippen LogP contribution in [0.25, 0.3) is 44.5 Å². The van der Waals surface area contributed by atoms with Crippen LogP contribution in [0.1, 0.15) is 11.1 Å². The Morgan fingerprint density at radius 1 is 0.778 bits per heavy atom. The molecular formula is C26H18N4O4P2. The van der Waals surface area contributed by atoms with Gasteiger partial charge < -0.3 is 19.4 Å². The van der Waals surface area contributed by atoms with Crippen LogP contribution in [-0.2, 0) is 22.8 Å². The van der Waals surface area contributed by atoms with Crippen molar-refractivity contribution in [2.45, 2.75) is 13.2 Å². The van der Waals surface area contributed by atoms with Gasteiger partial charge in [-0.05, 0) is 47.5 Å². The molecule has 2 aliphatic heterocycles. The van der Waals surface area contributed by atoms with E-state index in [0.29, 0.717) is 24.3 Å². The van der Waals surface area contributed by atoms with Gasteiger partial charge in [-0.1, -0.05) is 6.07 Å². The minimum Gasteiger partial charge on any atom is -0.488 e. The zero-order chi connectivity index (χ0) is 24.2. The van der Waals surface area contributed by atoms with Gasteiger partial charge >= 0.3 is 0 Å². The number of benzene rings is 3. The number of nitrogens with one attached hydrogen (secondary N) is 2. The molecule has 2 aliphatic rings. The minimum atomic E-state index is 0.00176. The summed E-state index contributed by atoms with van der Waals surface area (Å²) in [6.07, 6.45) is 1.75. The lowest BCUT2D eigenvalue weighted by Gasteiger charge is -2.30. The first-order valence-corrected chi connectivity index (χ1v) is 13.4. The van der Waals surface area contributed by atoms with E-state index in [9.17, 15) is 9.59 Å². The summed E-state index contributed by atoms with van der Waals surface area (Å²) in [6, 6.07) is 16.1. The molecule has 7 rings (SSSR count). The lowest BCUT2D eigenvalue weighted by Crippen LogP contribution is -2.15. The minimum absolute atomic E-state index is 0.00176. The number of nitrogens with zero attached hydrogens (tertiary/aromatic N) is 2. The number of aromatic nitrogens is 4. The standard InChI is InChI=1S/C26H18N4O4P2/c31-11-35-25-27-8-20(30-25)15-4-17-10-33-21-6-14(3-16-9-34-22(7-15)24(17)23(16)21)13-1-2-18-19(5-13)29-26(28-18)36-12-32/h1-8,11-12,35-36H,9-10H2,(H,27,30)(H,28,29). The number of imidazole rings is 2. The molecule has 0 saturated carbocycles. The predicted octanol–water partition coefficient (Wildman–Crippen LogP) is 4.06.